The lowest BCUT2D eigenvalue weighted by atomic mass is 10.1. The Balaban J connectivity index is 2.21. The van der Waals surface area contributed by atoms with Gasteiger partial charge in [-0.25, -0.2) is 4.98 Å². The van der Waals surface area contributed by atoms with Crippen molar-refractivity contribution in [3.63, 3.8) is 0 Å². The Morgan fingerprint density at radius 3 is 2.95 bits per heavy atom. The zero-order valence-corrected chi connectivity index (χ0v) is 11.6. The number of thioether (sulfide) groups is 1. The molecule has 0 aliphatic heterocycles. The van der Waals surface area contributed by atoms with E-state index in [2.05, 4.69) is 15.1 Å². The van der Waals surface area contributed by atoms with Gasteiger partial charge >= 0.3 is 0 Å². The quantitative estimate of drug-likeness (QED) is 0.197. The number of benzene rings is 1. The number of nitrogens with one attached hydrogen (secondary N) is 1. The van der Waals surface area contributed by atoms with Crippen LogP contribution in [-0.4, -0.2) is 21.0 Å². The molecule has 4 N–H and O–H groups in total. The second-order valence-electron chi connectivity index (χ2n) is 4.12. The normalized spacial score (nSPS) is 11.6. The number of aryl methyl sites for hydroxylation is 1. The van der Waals surface area contributed by atoms with Gasteiger partial charge in [0.2, 0.25) is 0 Å². The number of hydrogen-bond acceptors (Lipinski definition) is 5. The van der Waals surface area contributed by atoms with Gasteiger partial charge in [-0.2, -0.15) is 0 Å². The summed E-state index contributed by atoms with van der Waals surface area (Å²) in [5.41, 5.74) is 7.69. The van der Waals surface area contributed by atoms with Gasteiger partial charge in [-0.05, 0) is 12.5 Å². The van der Waals surface area contributed by atoms with Gasteiger partial charge in [-0.1, -0.05) is 41.2 Å². The molecule has 0 atom stereocenters. The van der Waals surface area contributed by atoms with Crippen LogP contribution >= 0.6 is 11.8 Å². The predicted molar refractivity (Wildman–Crippen MR) is 78.1 cm³/mol. The Hall–Kier alpha value is -2.28. The first kappa shape index (κ1) is 14.1. The lowest BCUT2D eigenvalue weighted by Crippen LogP contribution is -2.15. The molecule has 0 aliphatic carbocycles. The minimum atomic E-state index is -0.176. The van der Waals surface area contributed by atoms with Crippen LogP contribution in [0.25, 0.3) is 0 Å². The number of oxime groups is 1. The van der Waals surface area contributed by atoms with Crippen molar-refractivity contribution >= 4 is 17.6 Å². The molecule has 1 heterocycles. The van der Waals surface area contributed by atoms with Crippen LogP contribution < -0.4 is 11.3 Å². The second-order valence-corrected chi connectivity index (χ2v) is 5.09. The van der Waals surface area contributed by atoms with Gasteiger partial charge in [0, 0.05) is 23.1 Å². The molecule has 6 nitrogen and oxygen atoms in total. The minimum absolute atomic E-state index is 0.0619. The molecule has 0 bridgehead atoms. The van der Waals surface area contributed by atoms with Crippen LogP contribution in [0.5, 0.6) is 0 Å². The number of nitrogens with zero attached hydrogens (tertiary/aromatic N) is 2. The van der Waals surface area contributed by atoms with Gasteiger partial charge in [0.1, 0.15) is 0 Å². The van der Waals surface area contributed by atoms with Gasteiger partial charge in [-0.3, -0.25) is 4.79 Å². The summed E-state index contributed by atoms with van der Waals surface area (Å²) in [6.07, 6.45) is 0. The smallest absolute Gasteiger partial charge is 0.251 e. The molecular weight excluding hydrogens is 276 g/mol. The largest absolute Gasteiger partial charge is 0.409 e. The number of nitrogens with two attached hydrogens (primary N) is 1. The monoisotopic (exact) mass is 290 g/mol. The molecule has 104 valence electrons. The van der Waals surface area contributed by atoms with Crippen molar-refractivity contribution in [1.29, 1.82) is 0 Å². The highest BCUT2D eigenvalue weighted by Crippen LogP contribution is 2.21. The summed E-state index contributed by atoms with van der Waals surface area (Å²) in [6, 6.07) is 8.78. The maximum absolute atomic E-state index is 11.4. The molecule has 0 fully saturated rings. The highest BCUT2D eigenvalue weighted by Gasteiger charge is 2.07. The van der Waals surface area contributed by atoms with E-state index in [0.29, 0.717) is 22.2 Å². The first-order valence-electron chi connectivity index (χ1n) is 5.86. The number of rotatable bonds is 4. The van der Waals surface area contributed by atoms with Crippen LogP contribution in [0.2, 0.25) is 0 Å². The Morgan fingerprint density at radius 1 is 1.50 bits per heavy atom. The van der Waals surface area contributed by atoms with Gasteiger partial charge in [0.25, 0.3) is 5.56 Å². The van der Waals surface area contributed by atoms with E-state index >= 15 is 0 Å². The van der Waals surface area contributed by atoms with E-state index < -0.39 is 0 Å². The number of H-pyrrole nitrogens is 1. The maximum Gasteiger partial charge on any atom is 0.251 e. The SMILES string of the molecule is Cc1cc(=O)[nH]c(SCc2ccccc2/C(N)=N/O)n1. The molecule has 1 aromatic carbocycles. The molecule has 20 heavy (non-hydrogen) atoms. The third-order valence-corrected chi connectivity index (χ3v) is 3.54. The summed E-state index contributed by atoms with van der Waals surface area (Å²) < 4.78 is 0. The first-order chi connectivity index (χ1) is 9.60. The van der Waals surface area contributed by atoms with Gasteiger partial charge in [-0.15, -0.1) is 0 Å². The zero-order valence-electron chi connectivity index (χ0n) is 10.8. The number of amidine groups is 1. The Kier molecular flexibility index (Phi) is 4.41. The molecule has 2 rings (SSSR count). The number of aromatic amines is 1. The summed E-state index contributed by atoms with van der Waals surface area (Å²) in [6.45, 7) is 1.77. The van der Waals surface area contributed by atoms with Gasteiger partial charge < -0.3 is 15.9 Å². The molecule has 0 aliphatic rings. The van der Waals surface area contributed by atoms with Crippen molar-refractivity contribution in [3.05, 3.63) is 57.5 Å². The maximum atomic E-state index is 11.4. The molecule has 1 aromatic heterocycles. The fourth-order valence-electron chi connectivity index (χ4n) is 1.72. The molecule has 0 amide bonds. The standard InChI is InChI=1S/C13H14N4O2S/c1-8-6-11(18)16-13(15-8)20-7-9-4-2-3-5-10(9)12(14)17-19/h2-6,19H,7H2,1H3,(H2,14,17)(H,15,16,18). The van der Waals surface area contributed by atoms with E-state index in [-0.39, 0.29) is 11.4 Å². The van der Waals surface area contributed by atoms with Crippen LogP contribution in [-0.2, 0) is 5.75 Å². The molecule has 0 radical (unpaired) electrons. The van der Waals surface area contributed by atoms with E-state index in [1.807, 2.05) is 18.2 Å². The molecule has 0 saturated heterocycles. The molecular formula is C13H14N4O2S. The first-order valence-corrected chi connectivity index (χ1v) is 6.85. The third kappa shape index (κ3) is 3.39. The van der Waals surface area contributed by atoms with Crippen LogP contribution in [0.3, 0.4) is 0 Å². The van der Waals surface area contributed by atoms with Crippen LogP contribution in [0.15, 0.2) is 45.4 Å². The van der Waals surface area contributed by atoms with E-state index in [9.17, 15) is 4.79 Å². The minimum Gasteiger partial charge on any atom is -0.409 e. The van der Waals surface area contributed by atoms with Crippen molar-refractivity contribution in [1.82, 2.24) is 9.97 Å². The van der Waals surface area contributed by atoms with E-state index in [4.69, 9.17) is 10.9 Å². The summed E-state index contributed by atoms with van der Waals surface area (Å²) >= 11 is 1.39. The highest BCUT2D eigenvalue weighted by molar-refractivity contribution is 7.98. The average molecular weight is 290 g/mol. The zero-order chi connectivity index (χ0) is 14.5. The average Bonchev–Trinajstić information content (AvgIpc) is 2.43. The third-order valence-electron chi connectivity index (χ3n) is 2.61. The van der Waals surface area contributed by atoms with Crippen molar-refractivity contribution in [2.75, 3.05) is 0 Å². The van der Waals surface area contributed by atoms with Crippen LogP contribution in [0.1, 0.15) is 16.8 Å². The van der Waals surface area contributed by atoms with Crippen molar-refractivity contribution in [2.24, 2.45) is 10.9 Å². The molecule has 2 aromatic rings. The van der Waals surface area contributed by atoms with E-state index in [1.165, 1.54) is 17.8 Å². The highest BCUT2D eigenvalue weighted by atomic mass is 32.2. The fraction of sp³-hybridized carbons (Fsp3) is 0.154. The molecule has 7 heteroatoms. The Bertz CT molecular complexity index is 697. The number of aromatic nitrogens is 2. The fourth-order valence-corrected chi connectivity index (χ4v) is 2.64. The topological polar surface area (TPSA) is 104 Å². The molecule has 0 spiro atoms. The summed E-state index contributed by atoms with van der Waals surface area (Å²) in [7, 11) is 0. The van der Waals surface area contributed by atoms with Crippen molar-refractivity contribution in [3.8, 4) is 0 Å². The van der Waals surface area contributed by atoms with E-state index in [1.54, 1.807) is 13.0 Å². The summed E-state index contributed by atoms with van der Waals surface area (Å²) in [5.74, 6) is 0.616. The Morgan fingerprint density at radius 2 is 2.25 bits per heavy atom. The Labute approximate surface area is 119 Å². The van der Waals surface area contributed by atoms with Gasteiger partial charge in [0.05, 0.1) is 0 Å². The second kappa shape index (κ2) is 6.25. The van der Waals surface area contributed by atoms with Gasteiger partial charge in [0.15, 0.2) is 11.0 Å². The lowest BCUT2D eigenvalue weighted by molar-refractivity contribution is 0.318. The molecule has 0 saturated carbocycles. The lowest BCUT2D eigenvalue weighted by Gasteiger charge is -2.07. The van der Waals surface area contributed by atoms with E-state index in [0.717, 1.165) is 5.56 Å². The summed E-state index contributed by atoms with van der Waals surface area (Å²) in [4.78, 5) is 18.3. The van der Waals surface area contributed by atoms with Crippen molar-refractivity contribution < 1.29 is 5.21 Å². The number of hydrogen-bond donors (Lipinski definition) is 3. The van der Waals surface area contributed by atoms with Crippen molar-refractivity contribution in [2.45, 2.75) is 17.8 Å². The van der Waals surface area contributed by atoms with Crippen LogP contribution in [0.4, 0.5) is 0 Å². The summed E-state index contributed by atoms with van der Waals surface area (Å²) in [5, 5.41) is 12.3. The molecule has 0 unspecified atom stereocenters. The predicted octanol–water partition coefficient (Wildman–Crippen LogP) is 1.47. The van der Waals surface area contributed by atoms with Crippen LogP contribution in [0, 0.1) is 6.92 Å².